The lowest BCUT2D eigenvalue weighted by Crippen LogP contribution is -2.29. The minimum Gasteiger partial charge on any atom is -0.508 e. The van der Waals surface area contributed by atoms with Crippen molar-refractivity contribution in [2.45, 2.75) is 25.9 Å². The summed E-state index contributed by atoms with van der Waals surface area (Å²) in [5.41, 5.74) is 2.19. The molecule has 1 aliphatic rings. The topological polar surface area (TPSA) is 29.5 Å². The van der Waals surface area contributed by atoms with E-state index in [9.17, 15) is 5.11 Å². The third-order valence-electron chi connectivity index (χ3n) is 2.57. The normalized spacial score (nSPS) is 19.5. The van der Waals surface area contributed by atoms with E-state index in [0.717, 1.165) is 13.0 Å². The molecule has 2 rings (SSSR count). The van der Waals surface area contributed by atoms with E-state index in [1.54, 1.807) is 6.07 Å². The Hall–Kier alpha value is -1.02. The summed E-state index contributed by atoms with van der Waals surface area (Å²) in [6.45, 7) is 4.85. The molecule has 0 amide bonds. The van der Waals surface area contributed by atoms with E-state index in [-0.39, 0.29) is 5.60 Å². The number of aromatic hydroxyl groups is 1. The van der Waals surface area contributed by atoms with Crippen LogP contribution in [0.4, 0.5) is 0 Å². The number of benzene rings is 1. The van der Waals surface area contributed by atoms with Crippen LogP contribution in [-0.4, -0.2) is 11.7 Å². The summed E-state index contributed by atoms with van der Waals surface area (Å²) in [4.78, 5) is 0. The number of hydrogen-bond acceptors (Lipinski definition) is 2. The molecule has 0 saturated heterocycles. The van der Waals surface area contributed by atoms with E-state index >= 15 is 0 Å². The predicted molar refractivity (Wildman–Crippen MR) is 50.8 cm³/mol. The number of phenolic OH excluding ortho intramolecular Hbond substituents is 1. The SMILES string of the molecule is CC1(C)OCCc2cc(O)ccc21. The van der Waals surface area contributed by atoms with Gasteiger partial charge in [0.25, 0.3) is 0 Å². The van der Waals surface area contributed by atoms with Crippen LogP contribution in [0.5, 0.6) is 5.75 Å². The Morgan fingerprint density at radius 3 is 2.92 bits per heavy atom. The lowest BCUT2D eigenvalue weighted by atomic mass is 9.89. The summed E-state index contributed by atoms with van der Waals surface area (Å²) >= 11 is 0. The molecule has 2 heteroatoms. The molecule has 0 unspecified atom stereocenters. The van der Waals surface area contributed by atoms with Gasteiger partial charge in [0.15, 0.2) is 0 Å². The van der Waals surface area contributed by atoms with Gasteiger partial charge in [-0.3, -0.25) is 0 Å². The van der Waals surface area contributed by atoms with Crippen LogP contribution in [0.3, 0.4) is 0 Å². The molecule has 0 atom stereocenters. The van der Waals surface area contributed by atoms with Gasteiger partial charge in [-0.15, -0.1) is 0 Å². The third kappa shape index (κ3) is 1.42. The molecule has 0 spiro atoms. The predicted octanol–water partition coefficient (Wildman–Crippen LogP) is 2.20. The molecule has 0 saturated carbocycles. The van der Waals surface area contributed by atoms with Crippen LogP contribution >= 0.6 is 0 Å². The molecular formula is C11H14O2. The van der Waals surface area contributed by atoms with Crippen LogP contribution < -0.4 is 0 Å². The molecule has 0 aliphatic carbocycles. The minimum absolute atomic E-state index is 0.207. The van der Waals surface area contributed by atoms with Crippen molar-refractivity contribution < 1.29 is 9.84 Å². The van der Waals surface area contributed by atoms with E-state index in [2.05, 4.69) is 13.8 Å². The largest absolute Gasteiger partial charge is 0.508 e. The van der Waals surface area contributed by atoms with E-state index in [1.807, 2.05) is 12.1 Å². The van der Waals surface area contributed by atoms with Crippen LogP contribution in [-0.2, 0) is 16.8 Å². The summed E-state index contributed by atoms with van der Waals surface area (Å²) in [5, 5.41) is 9.32. The molecule has 0 fully saturated rings. The Kier molecular flexibility index (Phi) is 1.81. The molecule has 1 heterocycles. The van der Waals surface area contributed by atoms with Gasteiger partial charge in [0, 0.05) is 0 Å². The zero-order valence-electron chi connectivity index (χ0n) is 8.00. The maximum atomic E-state index is 9.32. The molecule has 2 nitrogen and oxygen atoms in total. The van der Waals surface area contributed by atoms with Gasteiger partial charge in [0.1, 0.15) is 5.75 Å². The van der Waals surface area contributed by atoms with Gasteiger partial charge in [-0.1, -0.05) is 6.07 Å². The number of fused-ring (bicyclic) bond motifs is 1. The highest BCUT2D eigenvalue weighted by Crippen LogP contribution is 2.33. The van der Waals surface area contributed by atoms with E-state index in [0.29, 0.717) is 5.75 Å². The fourth-order valence-electron chi connectivity index (χ4n) is 1.87. The fourth-order valence-corrected chi connectivity index (χ4v) is 1.87. The van der Waals surface area contributed by atoms with Crippen molar-refractivity contribution in [1.29, 1.82) is 0 Å². The Morgan fingerprint density at radius 1 is 1.38 bits per heavy atom. The summed E-state index contributed by atoms with van der Waals surface area (Å²) in [6.07, 6.45) is 0.896. The lowest BCUT2D eigenvalue weighted by molar-refractivity contribution is -0.0315. The summed E-state index contributed by atoms with van der Waals surface area (Å²) in [5.74, 6) is 0.344. The van der Waals surface area contributed by atoms with E-state index < -0.39 is 0 Å². The van der Waals surface area contributed by atoms with Crippen LogP contribution in [0, 0.1) is 0 Å². The van der Waals surface area contributed by atoms with Gasteiger partial charge in [-0.05, 0) is 43.5 Å². The fraction of sp³-hybridized carbons (Fsp3) is 0.455. The molecule has 1 aromatic carbocycles. The average Bonchev–Trinajstić information content (AvgIpc) is 2.02. The van der Waals surface area contributed by atoms with Gasteiger partial charge in [0.2, 0.25) is 0 Å². The van der Waals surface area contributed by atoms with Gasteiger partial charge < -0.3 is 9.84 Å². The highest BCUT2D eigenvalue weighted by atomic mass is 16.5. The van der Waals surface area contributed by atoms with Crippen molar-refractivity contribution in [1.82, 2.24) is 0 Å². The number of phenols is 1. The van der Waals surface area contributed by atoms with Crippen molar-refractivity contribution in [2.75, 3.05) is 6.61 Å². The summed E-state index contributed by atoms with van der Waals surface area (Å²) < 4.78 is 5.65. The lowest BCUT2D eigenvalue weighted by Gasteiger charge is -2.32. The number of ether oxygens (including phenoxy) is 1. The summed E-state index contributed by atoms with van der Waals surface area (Å²) in [7, 11) is 0. The standard InChI is InChI=1S/C11H14O2/c1-11(2)10-4-3-9(12)7-8(10)5-6-13-11/h3-4,7,12H,5-6H2,1-2H3. The zero-order chi connectivity index (χ0) is 9.47. The van der Waals surface area contributed by atoms with Crippen molar-refractivity contribution in [3.63, 3.8) is 0 Å². The number of hydrogen-bond donors (Lipinski definition) is 1. The molecule has 1 N–H and O–H groups in total. The van der Waals surface area contributed by atoms with Crippen molar-refractivity contribution in [2.24, 2.45) is 0 Å². The quantitative estimate of drug-likeness (QED) is 0.660. The molecule has 1 aliphatic heterocycles. The van der Waals surface area contributed by atoms with Gasteiger partial charge in [-0.25, -0.2) is 0 Å². The van der Waals surface area contributed by atoms with Crippen molar-refractivity contribution in [3.05, 3.63) is 29.3 Å². The third-order valence-corrected chi connectivity index (χ3v) is 2.57. The molecule has 70 valence electrons. The van der Waals surface area contributed by atoms with Crippen LogP contribution in [0.25, 0.3) is 0 Å². The molecule has 0 radical (unpaired) electrons. The Bertz CT molecular complexity index is 329. The molecule has 0 bridgehead atoms. The minimum atomic E-state index is -0.207. The molecular weight excluding hydrogens is 164 g/mol. The smallest absolute Gasteiger partial charge is 0.115 e. The highest BCUT2D eigenvalue weighted by molar-refractivity contribution is 5.39. The maximum Gasteiger partial charge on any atom is 0.115 e. The van der Waals surface area contributed by atoms with Crippen molar-refractivity contribution >= 4 is 0 Å². The highest BCUT2D eigenvalue weighted by Gasteiger charge is 2.27. The first-order valence-electron chi connectivity index (χ1n) is 4.56. The maximum absolute atomic E-state index is 9.32. The first-order valence-corrected chi connectivity index (χ1v) is 4.56. The van der Waals surface area contributed by atoms with Crippen LogP contribution in [0.1, 0.15) is 25.0 Å². The van der Waals surface area contributed by atoms with Crippen molar-refractivity contribution in [3.8, 4) is 5.75 Å². The first-order chi connectivity index (χ1) is 6.09. The number of rotatable bonds is 0. The monoisotopic (exact) mass is 178 g/mol. The second kappa shape index (κ2) is 2.74. The van der Waals surface area contributed by atoms with Gasteiger partial charge in [0.05, 0.1) is 12.2 Å². The molecule has 1 aromatic rings. The summed E-state index contributed by atoms with van der Waals surface area (Å²) in [6, 6.07) is 5.50. The van der Waals surface area contributed by atoms with Gasteiger partial charge >= 0.3 is 0 Å². The van der Waals surface area contributed by atoms with E-state index in [1.165, 1.54) is 11.1 Å². The van der Waals surface area contributed by atoms with Gasteiger partial charge in [-0.2, -0.15) is 0 Å². The zero-order valence-corrected chi connectivity index (χ0v) is 8.00. The molecule has 13 heavy (non-hydrogen) atoms. The Labute approximate surface area is 78.2 Å². The average molecular weight is 178 g/mol. The van der Waals surface area contributed by atoms with E-state index in [4.69, 9.17) is 4.74 Å². The first kappa shape index (κ1) is 8.57. The Morgan fingerprint density at radius 2 is 2.15 bits per heavy atom. The van der Waals surface area contributed by atoms with Crippen LogP contribution in [0.15, 0.2) is 18.2 Å². The molecule has 0 aromatic heterocycles. The second-order valence-electron chi connectivity index (χ2n) is 3.95. The Balaban J connectivity index is 2.53. The van der Waals surface area contributed by atoms with Crippen LogP contribution in [0.2, 0.25) is 0 Å². The second-order valence-corrected chi connectivity index (χ2v) is 3.95.